The van der Waals surface area contributed by atoms with Gasteiger partial charge in [-0.25, -0.2) is 4.98 Å². The molecule has 1 fully saturated rings. The normalized spacial score (nSPS) is 23.6. The second-order valence-electron chi connectivity index (χ2n) is 4.96. The molecule has 1 saturated carbocycles. The fourth-order valence-corrected chi connectivity index (χ4v) is 2.70. The fraction of sp³-hybridized carbons (Fsp3) is 0.615. The van der Waals surface area contributed by atoms with Gasteiger partial charge in [-0.2, -0.15) is 13.2 Å². The van der Waals surface area contributed by atoms with Crippen molar-refractivity contribution in [2.75, 3.05) is 18.4 Å². The van der Waals surface area contributed by atoms with Crippen LogP contribution in [0.4, 0.5) is 19.0 Å². The third kappa shape index (κ3) is 3.37. The van der Waals surface area contributed by atoms with Crippen LogP contribution in [-0.4, -0.2) is 18.1 Å². The lowest BCUT2D eigenvalue weighted by atomic mass is 9.96. The first-order chi connectivity index (χ1) is 9.02. The Balaban J connectivity index is 2.04. The summed E-state index contributed by atoms with van der Waals surface area (Å²) < 4.78 is 38.4. The second-order valence-corrected chi connectivity index (χ2v) is 4.96. The molecule has 0 aliphatic heterocycles. The molecule has 1 aliphatic carbocycles. The van der Waals surface area contributed by atoms with Crippen LogP contribution in [0.5, 0.6) is 0 Å². The number of alkyl halides is 3. The van der Waals surface area contributed by atoms with Gasteiger partial charge in [-0.3, -0.25) is 0 Å². The van der Waals surface area contributed by atoms with Crippen LogP contribution in [0.15, 0.2) is 18.3 Å². The van der Waals surface area contributed by atoms with Crippen molar-refractivity contribution in [3.05, 3.63) is 23.9 Å². The highest BCUT2D eigenvalue weighted by molar-refractivity contribution is 5.45. The second kappa shape index (κ2) is 5.77. The summed E-state index contributed by atoms with van der Waals surface area (Å²) in [4.78, 5) is 3.79. The van der Waals surface area contributed by atoms with Crippen LogP contribution in [0.2, 0.25) is 0 Å². The van der Waals surface area contributed by atoms with Crippen LogP contribution in [0.25, 0.3) is 0 Å². The highest BCUT2D eigenvalue weighted by Crippen LogP contribution is 2.35. The molecule has 2 rings (SSSR count). The van der Waals surface area contributed by atoms with E-state index < -0.39 is 11.7 Å². The quantitative estimate of drug-likeness (QED) is 0.887. The molecule has 0 spiro atoms. The van der Waals surface area contributed by atoms with Crippen molar-refractivity contribution in [2.24, 2.45) is 17.6 Å². The van der Waals surface area contributed by atoms with Crippen LogP contribution in [-0.2, 0) is 6.18 Å². The Bertz CT molecular complexity index is 420. The van der Waals surface area contributed by atoms with Gasteiger partial charge in [0.05, 0.1) is 5.56 Å². The van der Waals surface area contributed by atoms with Crippen molar-refractivity contribution in [1.82, 2.24) is 4.98 Å². The molecule has 1 aromatic heterocycles. The number of rotatable bonds is 4. The number of nitrogens with zero attached hydrogens (tertiary/aromatic N) is 1. The van der Waals surface area contributed by atoms with Crippen molar-refractivity contribution >= 4 is 5.82 Å². The maximum atomic E-state index is 12.8. The van der Waals surface area contributed by atoms with Crippen LogP contribution in [0.3, 0.4) is 0 Å². The molecule has 19 heavy (non-hydrogen) atoms. The lowest BCUT2D eigenvalue weighted by Crippen LogP contribution is -2.25. The molecular formula is C13H18F3N3. The van der Waals surface area contributed by atoms with Gasteiger partial charge in [-0.05, 0) is 43.4 Å². The monoisotopic (exact) mass is 273 g/mol. The molecule has 0 amide bonds. The lowest BCUT2D eigenvalue weighted by molar-refractivity contribution is -0.137. The lowest BCUT2D eigenvalue weighted by Gasteiger charge is -2.20. The smallest absolute Gasteiger partial charge is 0.369 e. The van der Waals surface area contributed by atoms with Crippen molar-refractivity contribution in [3.63, 3.8) is 0 Å². The Hall–Kier alpha value is -1.30. The Labute approximate surface area is 110 Å². The van der Waals surface area contributed by atoms with Crippen LogP contribution >= 0.6 is 0 Å². The summed E-state index contributed by atoms with van der Waals surface area (Å²) in [7, 11) is 0. The number of hydrogen-bond donors (Lipinski definition) is 2. The molecule has 2 unspecified atom stereocenters. The summed E-state index contributed by atoms with van der Waals surface area (Å²) in [6, 6.07) is 2.34. The van der Waals surface area contributed by atoms with Gasteiger partial charge in [0.2, 0.25) is 0 Å². The summed E-state index contributed by atoms with van der Waals surface area (Å²) in [6.07, 6.45) is 0.176. The number of hydrogen-bond acceptors (Lipinski definition) is 3. The number of nitrogens with one attached hydrogen (secondary N) is 1. The Morgan fingerprint density at radius 3 is 2.74 bits per heavy atom. The minimum Gasteiger partial charge on any atom is -0.369 e. The van der Waals surface area contributed by atoms with E-state index in [2.05, 4.69) is 10.3 Å². The molecule has 1 aliphatic rings. The van der Waals surface area contributed by atoms with Crippen LogP contribution in [0.1, 0.15) is 24.8 Å². The van der Waals surface area contributed by atoms with Crippen molar-refractivity contribution < 1.29 is 13.2 Å². The maximum absolute atomic E-state index is 12.8. The summed E-state index contributed by atoms with van der Waals surface area (Å²) >= 11 is 0. The van der Waals surface area contributed by atoms with E-state index >= 15 is 0 Å². The molecule has 0 aromatic carbocycles. The number of anilines is 1. The highest BCUT2D eigenvalue weighted by atomic mass is 19.4. The van der Waals surface area contributed by atoms with E-state index in [4.69, 9.17) is 5.73 Å². The van der Waals surface area contributed by atoms with Gasteiger partial charge in [0, 0.05) is 12.7 Å². The van der Waals surface area contributed by atoms with E-state index in [0.29, 0.717) is 24.9 Å². The molecule has 0 bridgehead atoms. The maximum Gasteiger partial charge on any atom is 0.419 e. The van der Waals surface area contributed by atoms with Crippen LogP contribution in [0, 0.1) is 11.8 Å². The molecular weight excluding hydrogens is 255 g/mol. The first-order valence-corrected chi connectivity index (χ1v) is 6.48. The third-order valence-electron chi connectivity index (χ3n) is 3.76. The Morgan fingerprint density at radius 2 is 2.05 bits per heavy atom. The average molecular weight is 273 g/mol. The summed E-state index contributed by atoms with van der Waals surface area (Å²) in [5.74, 6) is 0.663. The van der Waals surface area contributed by atoms with Crippen molar-refractivity contribution in [2.45, 2.75) is 25.4 Å². The van der Waals surface area contributed by atoms with E-state index in [1.54, 1.807) is 0 Å². The molecule has 3 nitrogen and oxygen atoms in total. The summed E-state index contributed by atoms with van der Waals surface area (Å²) in [6.45, 7) is 1.10. The first kappa shape index (κ1) is 14.1. The number of nitrogens with two attached hydrogens (primary N) is 1. The number of pyridine rings is 1. The van der Waals surface area contributed by atoms with Gasteiger partial charge in [0.1, 0.15) is 5.82 Å². The minimum atomic E-state index is -4.38. The van der Waals surface area contributed by atoms with Crippen molar-refractivity contribution in [3.8, 4) is 0 Å². The molecule has 106 valence electrons. The van der Waals surface area contributed by atoms with E-state index in [-0.39, 0.29) is 5.82 Å². The average Bonchev–Trinajstić information content (AvgIpc) is 2.83. The minimum absolute atomic E-state index is 0.0855. The Kier molecular flexibility index (Phi) is 4.29. The van der Waals surface area contributed by atoms with E-state index in [9.17, 15) is 13.2 Å². The zero-order chi connectivity index (χ0) is 13.9. The van der Waals surface area contributed by atoms with E-state index in [0.717, 1.165) is 25.3 Å². The van der Waals surface area contributed by atoms with Crippen molar-refractivity contribution in [1.29, 1.82) is 0 Å². The predicted molar refractivity (Wildman–Crippen MR) is 67.6 cm³/mol. The highest BCUT2D eigenvalue weighted by Gasteiger charge is 2.34. The summed E-state index contributed by atoms with van der Waals surface area (Å²) in [5, 5.41) is 2.84. The molecule has 1 aromatic rings. The number of halogens is 3. The standard InChI is InChI=1S/C13H18F3N3/c14-13(15,16)11-5-2-6-18-12(11)19-8-10-4-1-3-9(10)7-17/h2,5-6,9-10H,1,3-4,7-8,17H2,(H,18,19). The third-order valence-corrected chi connectivity index (χ3v) is 3.76. The van der Waals surface area contributed by atoms with E-state index in [1.165, 1.54) is 12.3 Å². The first-order valence-electron chi connectivity index (χ1n) is 6.48. The molecule has 0 radical (unpaired) electrons. The van der Waals surface area contributed by atoms with Gasteiger partial charge >= 0.3 is 6.18 Å². The molecule has 1 heterocycles. The molecule has 2 atom stereocenters. The fourth-order valence-electron chi connectivity index (χ4n) is 2.70. The molecule has 0 saturated heterocycles. The van der Waals surface area contributed by atoms with Crippen LogP contribution < -0.4 is 11.1 Å². The topological polar surface area (TPSA) is 50.9 Å². The van der Waals surface area contributed by atoms with E-state index in [1.807, 2.05) is 0 Å². The molecule has 6 heteroatoms. The number of aromatic nitrogens is 1. The zero-order valence-electron chi connectivity index (χ0n) is 10.6. The van der Waals surface area contributed by atoms with Gasteiger partial charge in [-0.1, -0.05) is 6.42 Å². The Morgan fingerprint density at radius 1 is 1.32 bits per heavy atom. The molecule has 3 N–H and O–H groups in total. The largest absolute Gasteiger partial charge is 0.419 e. The predicted octanol–water partition coefficient (Wildman–Crippen LogP) is 2.89. The SMILES string of the molecule is NCC1CCCC1CNc1ncccc1C(F)(F)F. The van der Waals surface area contributed by atoms with Gasteiger partial charge in [0.25, 0.3) is 0 Å². The van der Waals surface area contributed by atoms with Gasteiger partial charge in [-0.15, -0.1) is 0 Å². The summed E-state index contributed by atoms with van der Waals surface area (Å²) in [5.41, 5.74) is 4.96. The van der Waals surface area contributed by atoms with Gasteiger partial charge < -0.3 is 11.1 Å². The van der Waals surface area contributed by atoms with Gasteiger partial charge in [0.15, 0.2) is 0 Å². The zero-order valence-corrected chi connectivity index (χ0v) is 10.6.